The van der Waals surface area contributed by atoms with Crippen molar-refractivity contribution in [3.8, 4) is 12.1 Å². The summed E-state index contributed by atoms with van der Waals surface area (Å²) in [6.07, 6.45) is 4.32. The van der Waals surface area contributed by atoms with Crippen LogP contribution < -0.4 is 0 Å². The number of aromatic amines is 1. The molecule has 0 bridgehead atoms. The Morgan fingerprint density at radius 2 is 1.52 bits per heavy atom. The number of H-pyrrole nitrogens is 1. The zero-order chi connectivity index (χ0) is 16.1. The second-order valence-electron chi connectivity index (χ2n) is 5.27. The summed E-state index contributed by atoms with van der Waals surface area (Å²) >= 11 is 0. The number of aromatic nitrogens is 2. The van der Waals surface area contributed by atoms with Crippen LogP contribution in [0.3, 0.4) is 0 Å². The van der Waals surface area contributed by atoms with Crippen molar-refractivity contribution in [1.82, 2.24) is 9.97 Å². The van der Waals surface area contributed by atoms with E-state index in [9.17, 15) is 0 Å². The summed E-state index contributed by atoms with van der Waals surface area (Å²) in [5, 5.41) is 17.8. The third kappa shape index (κ3) is 3.28. The van der Waals surface area contributed by atoms with E-state index in [-0.39, 0.29) is 5.92 Å². The maximum Gasteiger partial charge on any atom is 0.113 e. The van der Waals surface area contributed by atoms with Crippen LogP contribution in [-0.4, -0.2) is 9.97 Å². The monoisotopic (exact) mass is 298 g/mol. The number of nitrogens with zero attached hydrogens (tertiary/aromatic N) is 3. The number of nitrogens with one attached hydrogen (secondary N) is 1. The normalized spacial score (nSPS) is 11.4. The standard InChI is InChI=1S/C19H14N4/c20-12-15-3-1-14(2-4-15)11-18(19-22-9-10-23-19)17-7-5-16(13-21)6-8-17/h1-10,18H,11H2,(H,22,23). The van der Waals surface area contributed by atoms with Crippen LogP contribution in [0.2, 0.25) is 0 Å². The minimum Gasteiger partial charge on any atom is -0.348 e. The molecule has 0 aliphatic rings. The van der Waals surface area contributed by atoms with Crippen molar-refractivity contribution in [2.24, 2.45) is 0 Å². The maximum atomic E-state index is 8.94. The number of imidazole rings is 1. The van der Waals surface area contributed by atoms with Gasteiger partial charge in [0.25, 0.3) is 0 Å². The second-order valence-corrected chi connectivity index (χ2v) is 5.27. The molecule has 110 valence electrons. The van der Waals surface area contributed by atoms with Gasteiger partial charge in [0.1, 0.15) is 5.82 Å². The zero-order valence-electron chi connectivity index (χ0n) is 12.4. The van der Waals surface area contributed by atoms with Gasteiger partial charge in [-0.3, -0.25) is 0 Å². The van der Waals surface area contributed by atoms with Crippen molar-refractivity contribution in [3.63, 3.8) is 0 Å². The minimum absolute atomic E-state index is 0.0747. The zero-order valence-corrected chi connectivity index (χ0v) is 12.4. The Bertz CT molecular complexity index is 848. The quantitative estimate of drug-likeness (QED) is 0.800. The van der Waals surface area contributed by atoms with Crippen LogP contribution in [0.4, 0.5) is 0 Å². The van der Waals surface area contributed by atoms with Gasteiger partial charge in [-0.25, -0.2) is 4.98 Å². The van der Waals surface area contributed by atoms with E-state index in [4.69, 9.17) is 10.5 Å². The highest BCUT2D eigenvalue weighted by atomic mass is 14.9. The number of hydrogen-bond donors (Lipinski definition) is 1. The largest absolute Gasteiger partial charge is 0.348 e. The number of nitriles is 2. The van der Waals surface area contributed by atoms with E-state index in [0.29, 0.717) is 11.1 Å². The first-order valence-electron chi connectivity index (χ1n) is 7.28. The molecule has 1 aromatic heterocycles. The topological polar surface area (TPSA) is 76.3 Å². The molecule has 3 aromatic rings. The molecule has 2 aromatic carbocycles. The van der Waals surface area contributed by atoms with Crippen LogP contribution in [-0.2, 0) is 6.42 Å². The third-order valence-corrected chi connectivity index (χ3v) is 3.81. The molecule has 1 heterocycles. The van der Waals surface area contributed by atoms with Crippen LogP contribution in [0.1, 0.15) is 34.0 Å². The van der Waals surface area contributed by atoms with E-state index in [1.165, 1.54) is 0 Å². The second kappa shape index (κ2) is 6.60. The van der Waals surface area contributed by atoms with Gasteiger partial charge in [-0.15, -0.1) is 0 Å². The molecule has 4 heteroatoms. The first-order chi connectivity index (χ1) is 11.3. The summed E-state index contributed by atoms with van der Waals surface area (Å²) < 4.78 is 0. The van der Waals surface area contributed by atoms with Gasteiger partial charge in [0, 0.05) is 18.3 Å². The highest BCUT2D eigenvalue weighted by molar-refractivity contribution is 5.37. The minimum atomic E-state index is 0.0747. The summed E-state index contributed by atoms with van der Waals surface area (Å²) in [4.78, 5) is 7.57. The Hall–Kier alpha value is -3.37. The summed E-state index contributed by atoms with van der Waals surface area (Å²) in [5.41, 5.74) is 3.53. The van der Waals surface area contributed by atoms with Crippen molar-refractivity contribution in [1.29, 1.82) is 10.5 Å². The molecule has 1 atom stereocenters. The van der Waals surface area contributed by atoms with Gasteiger partial charge in [-0.2, -0.15) is 10.5 Å². The third-order valence-electron chi connectivity index (χ3n) is 3.81. The van der Waals surface area contributed by atoms with Crippen LogP contribution in [0, 0.1) is 22.7 Å². The van der Waals surface area contributed by atoms with Crippen molar-refractivity contribution in [2.45, 2.75) is 12.3 Å². The lowest BCUT2D eigenvalue weighted by Crippen LogP contribution is -2.07. The fourth-order valence-electron chi connectivity index (χ4n) is 2.58. The lowest BCUT2D eigenvalue weighted by molar-refractivity contribution is 0.751. The van der Waals surface area contributed by atoms with E-state index in [0.717, 1.165) is 23.4 Å². The molecule has 0 saturated carbocycles. The van der Waals surface area contributed by atoms with Gasteiger partial charge in [0.05, 0.1) is 23.3 Å². The average molecular weight is 298 g/mol. The predicted molar refractivity (Wildman–Crippen MR) is 86.4 cm³/mol. The van der Waals surface area contributed by atoms with Crippen LogP contribution in [0.5, 0.6) is 0 Å². The smallest absolute Gasteiger partial charge is 0.113 e. The van der Waals surface area contributed by atoms with Gasteiger partial charge in [0.2, 0.25) is 0 Å². The van der Waals surface area contributed by atoms with Crippen LogP contribution in [0.15, 0.2) is 60.9 Å². The molecule has 1 unspecified atom stereocenters. The predicted octanol–water partition coefficient (Wildman–Crippen LogP) is 3.53. The Morgan fingerprint density at radius 1 is 0.913 bits per heavy atom. The fraction of sp³-hybridized carbons (Fsp3) is 0.105. The van der Waals surface area contributed by atoms with Gasteiger partial charge < -0.3 is 4.98 Å². The summed E-state index contributed by atoms with van der Waals surface area (Å²) in [6, 6.07) is 19.4. The number of benzene rings is 2. The van der Waals surface area contributed by atoms with E-state index in [1.54, 1.807) is 6.20 Å². The molecule has 0 aliphatic carbocycles. The molecular formula is C19H14N4. The van der Waals surface area contributed by atoms with E-state index in [2.05, 4.69) is 22.1 Å². The fourth-order valence-corrected chi connectivity index (χ4v) is 2.58. The molecule has 23 heavy (non-hydrogen) atoms. The molecular weight excluding hydrogens is 284 g/mol. The Morgan fingerprint density at radius 3 is 2.04 bits per heavy atom. The molecule has 1 N–H and O–H groups in total. The summed E-state index contributed by atoms with van der Waals surface area (Å²) in [5.74, 6) is 0.963. The maximum absolute atomic E-state index is 8.94. The Labute approximate surface area is 134 Å². The van der Waals surface area contributed by atoms with Crippen molar-refractivity contribution in [3.05, 3.63) is 89.0 Å². The van der Waals surface area contributed by atoms with E-state index >= 15 is 0 Å². The Kier molecular flexibility index (Phi) is 4.18. The van der Waals surface area contributed by atoms with E-state index in [1.807, 2.05) is 54.7 Å². The summed E-state index contributed by atoms with van der Waals surface area (Å²) in [7, 11) is 0. The summed E-state index contributed by atoms with van der Waals surface area (Å²) in [6.45, 7) is 0. The SMILES string of the molecule is N#Cc1ccc(CC(c2ccc(C#N)cc2)c2ncc[nH]2)cc1. The lowest BCUT2D eigenvalue weighted by Gasteiger charge is -2.15. The number of rotatable bonds is 4. The van der Waals surface area contributed by atoms with Gasteiger partial charge in [-0.05, 0) is 41.8 Å². The molecule has 4 nitrogen and oxygen atoms in total. The van der Waals surface area contributed by atoms with Gasteiger partial charge >= 0.3 is 0 Å². The molecule has 0 spiro atoms. The van der Waals surface area contributed by atoms with Crippen molar-refractivity contribution in [2.75, 3.05) is 0 Å². The highest BCUT2D eigenvalue weighted by Gasteiger charge is 2.17. The molecule has 3 rings (SSSR count). The molecule has 0 amide bonds. The van der Waals surface area contributed by atoms with Gasteiger partial charge in [-0.1, -0.05) is 24.3 Å². The molecule has 0 radical (unpaired) electrons. The van der Waals surface area contributed by atoms with Gasteiger partial charge in [0.15, 0.2) is 0 Å². The Balaban J connectivity index is 1.92. The van der Waals surface area contributed by atoms with E-state index < -0.39 is 0 Å². The molecule has 0 fully saturated rings. The van der Waals surface area contributed by atoms with Crippen LogP contribution in [0.25, 0.3) is 0 Å². The number of hydrogen-bond acceptors (Lipinski definition) is 3. The average Bonchev–Trinajstić information content (AvgIpc) is 3.15. The first-order valence-corrected chi connectivity index (χ1v) is 7.28. The van der Waals surface area contributed by atoms with Crippen LogP contribution >= 0.6 is 0 Å². The lowest BCUT2D eigenvalue weighted by atomic mass is 9.90. The van der Waals surface area contributed by atoms with Crippen molar-refractivity contribution < 1.29 is 0 Å². The molecule has 0 saturated heterocycles. The van der Waals surface area contributed by atoms with Crippen molar-refractivity contribution >= 4 is 0 Å². The molecule has 0 aliphatic heterocycles. The first kappa shape index (κ1) is 14.6. The highest BCUT2D eigenvalue weighted by Crippen LogP contribution is 2.26.